The Balaban J connectivity index is 1.70. The van der Waals surface area contributed by atoms with Gasteiger partial charge < -0.3 is 15.5 Å². The highest BCUT2D eigenvalue weighted by atomic mass is 19.1. The lowest BCUT2D eigenvalue weighted by Gasteiger charge is -2.36. The molecule has 1 fully saturated rings. The van der Waals surface area contributed by atoms with Gasteiger partial charge in [0.2, 0.25) is 5.91 Å². The van der Waals surface area contributed by atoms with Crippen molar-refractivity contribution in [3.63, 3.8) is 0 Å². The van der Waals surface area contributed by atoms with Crippen LogP contribution in [0.1, 0.15) is 59.4 Å². The number of hydrogen-bond acceptors (Lipinski definition) is 3. The summed E-state index contributed by atoms with van der Waals surface area (Å²) in [5.74, 6) is -1.29. The summed E-state index contributed by atoms with van der Waals surface area (Å²) in [7, 11) is 0. The molecular formula is C26H32FN3O3. The lowest BCUT2D eigenvalue weighted by Crippen LogP contribution is -2.55. The first-order valence-corrected chi connectivity index (χ1v) is 11.5. The number of likely N-dealkylation sites (tertiary alicyclic amines) is 1. The highest BCUT2D eigenvalue weighted by Crippen LogP contribution is 2.23. The van der Waals surface area contributed by atoms with E-state index in [1.807, 2.05) is 32.9 Å². The van der Waals surface area contributed by atoms with Crippen molar-refractivity contribution in [1.82, 2.24) is 15.5 Å². The highest BCUT2D eigenvalue weighted by molar-refractivity contribution is 5.98. The van der Waals surface area contributed by atoms with Gasteiger partial charge >= 0.3 is 0 Å². The maximum Gasteiger partial charge on any atom is 0.253 e. The van der Waals surface area contributed by atoms with Gasteiger partial charge in [-0.15, -0.1) is 0 Å². The molecule has 7 heteroatoms. The molecule has 6 nitrogen and oxygen atoms in total. The molecule has 0 unspecified atom stereocenters. The smallest absolute Gasteiger partial charge is 0.253 e. The molecule has 1 heterocycles. The van der Waals surface area contributed by atoms with Gasteiger partial charge in [0, 0.05) is 30.3 Å². The van der Waals surface area contributed by atoms with E-state index >= 15 is 0 Å². The molecule has 0 bridgehead atoms. The topological polar surface area (TPSA) is 78.5 Å². The van der Waals surface area contributed by atoms with Gasteiger partial charge in [-0.1, -0.05) is 30.7 Å². The SMILES string of the molecule is CC[C@H](C)NC(=O)[C@@H](NC(=O)c1ccc(C)cc1)C1CCN(C(=O)c2cccc(F)c2)CC1. The number of rotatable bonds is 7. The van der Waals surface area contributed by atoms with Crippen LogP contribution in [0.15, 0.2) is 48.5 Å². The van der Waals surface area contributed by atoms with Gasteiger partial charge in [-0.05, 0) is 69.4 Å². The van der Waals surface area contributed by atoms with E-state index in [2.05, 4.69) is 10.6 Å². The molecule has 0 spiro atoms. The Hall–Kier alpha value is -3.22. The van der Waals surface area contributed by atoms with Crippen molar-refractivity contribution in [3.05, 3.63) is 71.0 Å². The van der Waals surface area contributed by atoms with Crippen LogP contribution in [0.25, 0.3) is 0 Å². The van der Waals surface area contributed by atoms with E-state index < -0.39 is 11.9 Å². The van der Waals surface area contributed by atoms with Crippen LogP contribution in [0.5, 0.6) is 0 Å². The standard InChI is InChI=1S/C26H32FN3O3/c1-4-18(3)28-25(32)23(29-24(31)20-10-8-17(2)9-11-20)19-12-14-30(15-13-19)26(33)21-6-5-7-22(27)16-21/h5-11,16,18-19,23H,4,12-15H2,1-3H3,(H,28,32)(H,29,31)/t18-,23-/m0/s1. The molecule has 2 aromatic rings. The molecule has 2 atom stereocenters. The van der Waals surface area contributed by atoms with E-state index in [0.717, 1.165) is 12.0 Å². The molecule has 0 aromatic heterocycles. The number of amides is 3. The number of halogens is 1. The van der Waals surface area contributed by atoms with Crippen LogP contribution >= 0.6 is 0 Å². The lowest BCUT2D eigenvalue weighted by atomic mass is 9.88. The average Bonchev–Trinajstić information content (AvgIpc) is 2.82. The third-order valence-corrected chi connectivity index (χ3v) is 6.25. The summed E-state index contributed by atoms with van der Waals surface area (Å²) < 4.78 is 13.5. The number of carbonyl (C=O) groups is 3. The Morgan fingerprint density at radius 2 is 1.70 bits per heavy atom. The summed E-state index contributed by atoms with van der Waals surface area (Å²) in [4.78, 5) is 40.4. The third-order valence-electron chi connectivity index (χ3n) is 6.25. The minimum Gasteiger partial charge on any atom is -0.352 e. The van der Waals surface area contributed by atoms with Gasteiger partial charge in [0.25, 0.3) is 11.8 Å². The molecule has 3 rings (SSSR count). The summed E-state index contributed by atoms with van der Waals surface area (Å²) >= 11 is 0. The van der Waals surface area contributed by atoms with Gasteiger partial charge in [0.05, 0.1) is 0 Å². The molecule has 2 aromatic carbocycles. The molecule has 1 aliphatic rings. The molecule has 0 radical (unpaired) electrons. The predicted octanol–water partition coefficient (Wildman–Crippen LogP) is 3.70. The van der Waals surface area contributed by atoms with Crippen molar-refractivity contribution >= 4 is 17.7 Å². The summed E-state index contributed by atoms with van der Waals surface area (Å²) in [6.07, 6.45) is 1.91. The van der Waals surface area contributed by atoms with Crippen LogP contribution in [-0.4, -0.2) is 47.8 Å². The zero-order valence-electron chi connectivity index (χ0n) is 19.4. The van der Waals surface area contributed by atoms with Crippen LogP contribution in [-0.2, 0) is 4.79 Å². The number of nitrogens with one attached hydrogen (secondary N) is 2. The number of piperidine rings is 1. The molecule has 2 N–H and O–H groups in total. The Labute approximate surface area is 194 Å². The number of aryl methyl sites for hydroxylation is 1. The Morgan fingerprint density at radius 3 is 2.30 bits per heavy atom. The van der Waals surface area contributed by atoms with Crippen molar-refractivity contribution < 1.29 is 18.8 Å². The van der Waals surface area contributed by atoms with Gasteiger partial charge in [-0.2, -0.15) is 0 Å². The molecule has 0 aliphatic carbocycles. The molecule has 1 aliphatic heterocycles. The number of hydrogen-bond donors (Lipinski definition) is 2. The number of carbonyl (C=O) groups excluding carboxylic acids is 3. The molecular weight excluding hydrogens is 421 g/mol. The van der Waals surface area contributed by atoms with Crippen LogP contribution in [0.2, 0.25) is 0 Å². The fraction of sp³-hybridized carbons (Fsp3) is 0.423. The zero-order valence-corrected chi connectivity index (χ0v) is 19.4. The van der Waals surface area contributed by atoms with E-state index in [1.54, 1.807) is 23.1 Å². The molecule has 33 heavy (non-hydrogen) atoms. The number of benzene rings is 2. The monoisotopic (exact) mass is 453 g/mol. The minimum atomic E-state index is -0.695. The zero-order chi connectivity index (χ0) is 24.0. The molecule has 3 amide bonds. The Bertz CT molecular complexity index is 985. The average molecular weight is 454 g/mol. The van der Waals surface area contributed by atoms with Crippen LogP contribution < -0.4 is 10.6 Å². The minimum absolute atomic E-state index is 0.00841. The Kier molecular flexibility index (Phi) is 8.20. The normalized spacial score (nSPS) is 16.1. The van der Waals surface area contributed by atoms with Crippen molar-refractivity contribution in [1.29, 1.82) is 0 Å². The van der Waals surface area contributed by atoms with E-state index in [1.165, 1.54) is 18.2 Å². The van der Waals surface area contributed by atoms with E-state index in [9.17, 15) is 18.8 Å². The number of nitrogens with zero attached hydrogens (tertiary/aromatic N) is 1. The maximum absolute atomic E-state index is 13.5. The largest absolute Gasteiger partial charge is 0.352 e. The highest BCUT2D eigenvalue weighted by Gasteiger charge is 2.34. The summed E-state index contributed by atoms with van der Waals surface area (Å²) in [5.41, 5.74) is 1.86. The summed E-state index contributed by atoms with van der Waals surface area (Å²) in [6, 6.07) is 12.2. The Morgan fingerprint density at radius 1 is 1.03 bits per heavy atom. The maximum atomic E-state index is 13.5. The first-order chi connectivity index (χ1) is 15.8. The first kappa shape index (κ1) is 24.4. The predicted molar refractivity (Wildman–Crippen MR) is 125 cm³/mol. The fourth-order valence-electron chi connectivity index (χ4n) is 4.00. The van der Waals surface area contributed by atoms with Gasteiger partial charge in [-0.25, -0.2) is 4.39 Å². The quantitative estimate of drug-likeness (QED) is 0.671. The first-order valence-electron chi connectivity index (χ1n) is 11.5. The van der Waals surface area contributed by atoms with Crippen LogP contribution in [0.3, 0.4) is 0 Å². The molecule has 0 saturated carbocycles. The second-order valence-electron chi connectivity index (χ2n) is 8.78. The van der Waals surface area contributed by atoms with E-state index in [-0.39, 0.29) is 29.7 Å². The second kappa shape index (κ2) is 11.1. The van der Waals surface area contributed by atoms with Crippen molar-refractivity contribution in [2.24, 2.45) is 5.92 Å². The van der Waals surface area contributed by atoms with Gasteiger partial charge in [0.1, 0.15) is 11.9 Å². The van der Waals surface area contributed by atoms with Crippen LogP contribution in [0, 0.1) is 18.7 Å². The van der Waals surface area contributed by atoms with Crippen molar-refractivity contribution in [2.45, 2.75) is 52.1 Å². The van der Waals surface area contributed by atoms with E-state index in [0.29, 0.717) is 37.1 Å². The van der Waals surface area contributed by atoms with Crippen LogP contribution in [0.4, 0.5) is 4.39 Å². The van der Waals surface area contributed by atoms with Gasteiger partial charge in [-0.3, -0.25) is 14.4 Å². The molecule has 1 saturated heterocycles. The third kappa shape index (κ3) is 6.40. The molecule has 176 valence electrons. The summed E-state index contributed by atoms with van der Waals surface area (Å²) in [6.45, 7) is 6.74. The van der Waals surface area contributed by atoms with E-state index in [4.69, 9.17) is 0 Å². The van der Waals surface area contributed by atoms with Crippen molar-refractivity contribution in [3.8, 4) is 0 Å². The lowest BCUT2D eigenvalue weighted by molar-refractivity contribution is -0.125. The van der Waals surface area contributed by atoms with Crippen molar-refractivity contribution in [2.75, 3.05) is 13.1 Å². The summed E-state index contributed by atoms with van der Waals surface area (Å²) in [5, 5.41) is 5.91. The van der Waals surface area contributed by atoms with Gasteiger partial charge in [0.15, 0.2) is 0 Å². The fourth-order valence-corrected chi connectivity index (χ4v) is 4.00. The second-order valence-corrected chi connectivity index (χ2v) is 8.78.